The van der Waals surface area contributed by atoms with Gasteiger partial charge in [-0.1, -0.05) is 11.6 Å². The second-order valence-electron chi connectivity index (χ2n) is 5.65. The van der Waals surface area contributed by atoms with Gasteiger partial charge in [0.2, 0.25) is 0 Å². The molecule has 8 heteroatoms. The van der Waals surface area contributed by atoms with Crippen LogP contribution in [0.4, 0.5) is 0 Å². The van der Waals surface area contributed by atoms with Gasteiger partial charge in [0.05, 0.1) is 6.54 Å². The third-order valence-corrected chi connectivity index (χ3v) is 3.67. The number of aliphatic imine (C=N–C) groups is 1. The van der Waals surface area contributed by atoms with Crippen molar-refractivity contribution in [3.05, 3.63) is 47.7 Å². The van der Waals surface area contributed by atoms with E-state index < -0.39 is 0 Å². The largest absolute Gasteiger partial charge is 0.489 e. The van der Waals surface area contributed by atoms with E-state index in [1.807, 2.05) is 48.1 Å². The molecule has 1 aromatic heterocycles. The Kier molecular flexibility index (Phi) is 11.1. The van der Waals surface area contributed by atoms with Crippen molar-refractivity contribution in [1.29, 1.82) is 0 Å². The highest BCUT2D eigenvalue weighted by Crippen LogP contribution is 2.16. The summed E-state index contributed by atoms with van der Waals surface area (Å²) in [5.41, 5.74) is 0. The standard InChI is InChI=1S/C18H26ClN5O.HI/c1-3-20-18(21-10-4-12-24-13-5-11-23-24)22-14-15(2)25-17-8-6-16(19)7-9-17;/h5-9,11,13,15H,3-4,10,12,14H2,1-2H3,(H2,20,21,22);1H. The topological polar surface area (TPSA) is 63.5 Å². The molecular weight excluding hydrogens is 465 g/mol. The first-order valence-electron chi connectivity index (χ1n) is 8.59. The van der Waals surface area contributed by atoms with Crippen molar-refractivity contribution in [2.45, 2.75) is 32.9 Å². The molecule has 26 heavy (non-hydrogen) atoms. The molecular formula is C18H27ClIN5O. The van der Waals surface area contributed by atoms with Crippen LogP contribution >= 0.6 is 35.6 Å². The molecule has 0 aliphatic rings. The van der Waals surface area contributed by atoms with Crippen LogP contribution in [0.3, 0.4) is 0 Å². The molecule has 6 nitrogen and oxygen atoms in total. The first-order valence-corrected chi connectivity index (χ1v) is 8.97. The summed E-state index contributed by atoms with van der Waals surface area (Å²) in [6, 6.07) is 9.29. The SMILES string of the molecule is CCNC(=NCC(C)Oc1ccc(Cl)cc1)NCCCn1cccn1.I. The number of hydrogen-bond donors (Lipinski definition) is 2. The zero-order chi connectivity index (χ0) is 17.9. The van der Waals surface area contributed by atoms with E-state index in [0.717, 1.165) is 37.8 Å². The monoisotopic (exact) mass is 491 g/mol. The zero-order valence-electron chi connectivity index (χ0n) is 15.2. The van der Waals surface area contributed by atoms with Crippen molar-refractivity contribution in [1.82, 2.24) is 20.4 Å². The van der Waals surface area contributed by atoms with Crippen LogP contribution in [0, 0.1) is 0 Å². The highest BCUT2D eigenvalue weighted by atomic mass is 127. The number of ether oxygens (including phenoxy) is 1. The molecule has 1 atom stereocenters. The van der Waals surface area contributed by atoms with Gasteiger partial charge in [-0.15, -0.1) is 24.0 Å². The van der Waals surface area contributed by atoms with Crippen molar-refractivity contribution in [2.24, 2.45) is 4.99 Å². The number of halogens is 2. The highest BCUT2D eigenvalue weighted by Gasteiger charge is 2.05. The maximum atomic E-state index is 5.88. The molecule has 0 aliphatic carbocycles. The predicted octanol–water partition coefficient (Wildman–Crippen LogP) is 3.57. The van der Waals surface area contributed by atoms with Crippen molar-refractivity contribution < 1.29 is 4.74 Å². The Labute approximate surface area is 177 Å². The van der Waals surface area contributed by atoms with Crippen LogP contribution in [-0.4, -0.2) is 41.5 Å². The summed E-state index contributed by atoms with van der Waals surface area (Å²) in [5, 5.41) is 11.5. The van der Waals surface area contributed by atoms with Crippen LogP contribution in [0.1, 0.15) is 20.3 Å². The van der Waals surface area contributed by atoms with Crippen LogP contribution in [0.15, 0.2) is 47.7 Å². The number of nitrogens with one attached hydrogen (secondary N) is 2. The van der Waals surface area contributed by atoms with Gasteiger partial charge in [-0.3, -0.25) is 4.68 Å². The number of aryl methyl sites for hydroxylation is 1. The number of benzene rings is 1. The summed E-state index contributed by atoms with van der Waals surface area (Å²) in [5.74, 6) is 1.60. The highest BCUT2D eigenvalue weighted by molar-refractivity contribution is 14.0. The van der Waals surface area contributed by atoms with Gasteiger partial charge in [0, 0.05) is 37.1 Å². The molecule has 0 saturated carbocycles. The summed E-state index contributed by atoms with van der Waals surface area (Å²) in [6.07, 6.45) is 4.71. The third kappa shape index (κ3) is 8.75. The van der Waals surface area contributed by atoms with Crippen LogP contribution in [0.25, 0.3) is 0 Å². The van der Waals surface area contributed by atoms with Gasteiger partial charge in [-0.25, -0.2) is 4.99 Å². The molecule has 0 amide bonds. The lowest BCUT2D eigenvalue weighted by molar-refractivity contribution is 0.230. The van der Waals surface area contributed by atoms with Gasteiger partial charge < -0.3 is 15.4 Å². The molecule has 0 spiro atoms. The first-order chi connectivity index (χ1) is 12.2. The lowest BCUT2D eigenvalue weighted by atomic mass is 10.3. The summed E-state index contributed by atoms with van der Waals surface area (Å²) in [7, 11) is 0. The van der Waals surface area contributed by atoms with E-state index in [1.165, 1.54) is 0 Å². The Bertz CT molecular complexity index is 634. The fourth-order valence-corrected chi connectivity index (χ4v) is 2.35. The molecule has 0 fully saturated rings. The Morgan fingerprint density at radius 1 is 1.31 bits per heavy atom. The molecule has 2 aromatic rings. The maximum Gasteiger partial charge on any atom is 0.191 e. The summed E-state index contributed by atoms with van der Waals surface area (Å²) < 4.78 is 7.76. The molecule has 1 unspecified atom stereocenters. The lowest BCUT2D eigenvalue weighted by Gasteiger charge is -2.15. The minimum Gasteiger partial charge on any atom is -0.489 e. The molecule has 2 N–H and O–H groups in total. The predicted molar refractivity (Wildman–Crippen MR) is 118 cm³/mol. The van der Waals surface area contributed by atoms with E-state index in [9.17, 15) is 0 Å². The van der Waals surface area contributed by atoms with Crippen molar-refractivity contribution >= 4 is 41.5 Å². The fraction of sp³-hybridized carbons (Fsp3) is 0.444. The average molecular weight is 492 g/mol. The summed E-state index contributed by atoms with van der Waals surface area (Å²) in [4.78, 5) is 4.58. The Hall–Kier alpha value is -1.48. The quantitative estimate of drug-likeness (QED) is 0.244. The number of aromatic nitrogens is 2. The van der Waals surface area contributed by atoms with E-state index in [0.29, 0.717) is 11.6 Å². The molecule has 0 saturated heterocycles. The Balaban J connectivity index is 0.00000338. The van der Waals surface area contributed by atoms with E-state index in [1.54, 1.807) is 6.20 Å². The van der Waals surface area contributed by atoms with Gasteiger partial charge in [0.15, 0.2) is 5.96 Å². The van der Waals surface area contributed by atoms with Crippen LogP contribution in [0.5, 0.6) is 5.75 Å². The molecule has 0 aliphatic heterocycles. The van der Waals surface area contributed by atoms with E-state index >= 15 is 0 Å². The second kappa shape index (κ2) is 12.8. The summed E-state index contributed by atoms with van der Waals surface area (Å²) in [6.45, 7) is 7.15. The second-order valence-corrected chi connectivity index (χ2v) is 6.09. The first kappa shape index (κ1) is 22.6. The molecule has 0 bridgehead atoms. The van der Waals surface area contributed by atoms with Gasteiger partial charge >= 0.3 is 0 Å². The van der Waals surface area contributed by atoms with E-state index in [-0.39, 0.29) is 30.1 Å². The smallest absolute Gasteiger partial charge is 0.191 e. The zero-order valence-corrected chi connectivity index (χ0v) is 18.3. The maximum absolute atomic E-state index is 5.88. The Morgan fingerprint density at radius 3 is 2.73 bits per heavy atom. The van der Waals surface area contributed by atoms with Gasteiger partial charge in [-0.05, 0) is 50.6 Å². The molecule has 144 valence electrons. The number of guanidine groups is 1. The third-order valence-electron chi connectivity index (χ3n) is 3.42. The minimum atomic E-state index is -0.0271. The average Bonchev–Trinajstić information content (AvgIpc) is 3.12. The van der Waals surface area contributed by atoms with Crippen molar-refractivity contribution in [2.75, 3.05) is 19.6 Å². The number of hydrogen-bond acceptors (Lipinski definition) is 3. The minimum absolute atomic E-state index is 0. The molecule has 2 rings (SSSR count). The lowest BCUT2D eigenvalue weighted by Crippen LogP contribution is -2.38. The van der Waals surface area contributed by atoms with Crippen molar-refractivity contribution in [3.8, 4) is 5.75 Å². The van der Waals surface area contributed by atoms with Gasteiger partial charge in [-0.2, -0.15) is 5.10 Å². The fourth-order valence-electron chi connectivity index (χ4n) is 2.22. The molecule has 1 aromatic carbocycles. The normalized spacial score (nSPS) is 12.2. The summed E-state index contributed by atoms with van der Waals surface area (Å²) >= 11 is 5.88. The van der Waals surface area contributed by atoms with E-state index in [2.05, 4.69) is 27.6 Å². The Morgan fingerprint density at radius 2 is 2.08 bits per heavy atom. The number of rotatable bonds is 9. The van der Waals surface area contributed by atoms with Crippen LogP contribution in [0.2, 0.25) is 5.02 Å². The van der Waals surface area contributed by atoms with Crippen LogP contribution < -0.4 is 15.4 Å². The van der Waals surface area contributed by atoms with Crippen LogP contribution in [-0.2, 0) is 6.54 Å². The molecule has 1 heterocycles. The van der Waals surface area contributed by atoms with Crippen molar-refractivity contribution in [3.63, 3.8) is 0 Å². The van der Waals surface area contributed by atoms with E-state index in [4.69, 9.17) is 16.3 Å². The van der Waals surface area contributed by atoms with Gasteiger partial charge in [0.1, 0.15) is 11.9 Å². The molecule has 0 radical (unpaired) electrons. The van der Waals surface area contributed by atoms with Gasteiger partial charge in [0.25, 0.3) is 0 Å². The number of nitrogens with zero attached hydrogens (tertiary/aromatic N) is 3.